The van der Waals surface area contributed by atoms with E-state index in [1.807, 2.05) is 30.0 Å². The molecular formula is C19H26N4O2. The number of aromatic amines is 1. The van der Waals surface area contributed by atoms with E-state index >= 15 is 0 Å². The Kier molecular flexibility index (Phi) is 5.36. The van der Waals surface area contributed by atoms with Gasteiger partial charge in [0.2, 0.25) is 11.8 Å². The average molecular weight is 342 g/mol. The van der Waals surface area contributed by atoms with Crippen LogP contribution in [0.4, 0.5) is 0 Å². The van der Waals surface area contributed by atoms with Crippen LogP contribution in [0.25, 0.3) is 11.0 Å². The summed E-state index contributed by atoms with van der Waals surface area (Å²) in [6.07, 6.45) is 4.08. The predicted octanol–water partition coefficient (Wildman–Crippen LogP) is 2.62. The molecule has 1 aliphatic heterocycles. The Morgan fingerprint density at radius 3 is 2.96 bits per heavy atom. The van der Waals surface area contributed by atoms with Gasteiger partial charge in [-0.1, -0.05) is 18.6 Å². The van der Waals surface area contributed by atoms with E-state index in [4.69, 9.17) is 0 Å². The summed E-state index contributed by atoms with van der Waals surface area (Å²) in [5.74, 6) is 1.00. The molecule has 0 saturated carbocycles. The molecule has 2 aromatic rings. The number of hydrogen-bond donors (Lipinski definition) is 1. The van der Waals surface area contributed by atoms with Gasteiger partial charge in [0.15, 0.2) is 0 Å². The highest BCUT2D eigenvalue weighted by Gasteiger charge is 2.19. The van der Waals surface area contributed by atoms with Crippen LogP contribution in [0.1, 0.15) is 43.5 Å². The number of fused-ring (bicyclic) bond motifs is 1. The molecule has 0 spiro atoms. The Labute approximate surface area is 148 Å². The topological polar surface area (TPSA) is 69.3 Å². The van der Waals surface area contributed by atoms with Gasteiger partial charge in [-0.15, -0.1) is 0 Å². The van der Waals surface area contributed by atoms with Crippen LogP contribution in [-0.2, 0) is 16.1 Å². The molecule has 134 valence electrons. The second-order valence-electron chi connectivity index (χ2n) is 6.85. The first-order chi connectivity index (χ1) is 12.0. The quantitative estimate of drug-likeness (QED) is 0.908. The molecule has 6 nitrogen and oxygen atoms in total. The van der Waals surface area contributed by atoms with E-state index in [9.17, 15) is 9.59 Å². The van der Waals surface area contributed by atoms with E-state index in [2.05, 4.69) is 9.97 Å². The highest BCUT2D eigenvalue weighted by molar-refractivity contribution is 5.80. The third-order valence-corrected chi connectivity index (χ3v) is 4.84. The average Bonchev–Trinajstić information content (AvgIpc) is 2.89. The summed E-state index contributed by atoms with van der Waals surface area (Å²) in [4.78, 5) is 35.8. The number of amides is 2. The van der Waals surface area contributed by atoms with Crippen molar-refractivity contribution < 1.29 is 9.59 Å². The van der Waals surface area contributed by atoms with Gasteiger partial charge in [-0.05, 0) is 31.4 Å². The third kappa shape index (κ3) is 4.18. The first kappa shape index (κ1) is 17.5. The SMILES string of the molecule is Cc1cccc2[nH]c(CN(C)C(=O)CCN3CCCCCC3=O)nc12. The maximum absolute atomic E-state index is 12.4. The number of hydrogen-bond acceptors (Lipinski definition) is 3. The van der Waals surface area contributed by atoms with Crippen LogP contribution in [0, 0.1) is 6.92 Å². The van der Waals surface area contributed by atoms with Crippen LogP contribution in [0.15, 0.2) is 18.2 Å². The lowest BCUT2D eigenvalue weighted by Gasteiger charge is -2.22. The molecule has 2 heterocycles. The molecule has 1 aromatic carbocycles. The standard InChI is InChI=1S/C19H26N4O2/c1-14-7-6-8-15-19(14)21-16(20-15)13-22(2)17(24)10-12-23-11-5-3-4-9-18(23)25/h6-8H,3-5,9-13H2,1-2H3,(H,20,21). The zero-order chi connectivity index (χ0) is 17.8. The van der Waals surface area contributed by atoms with Crippen LogP contribution in [0.5, 0.6) is 0 Å². The third-order valence-electron chi connectivity index (χ3n) is 4.84. The number of carbonyl (C=O) groups excluding carboxylic acids is 2. The molecular weight excluding hydrogens is 316 g/mol. The molecule has 0 atom stereocenters. The fourth-order valence-corrected chi connectivity index (χ4v) is 3.31. The molecule has 1 saturated heterocycles. The van der Waals surface area contributed by atoms with Gasteiger partial charge < -0.3 is 14.8 Å². The summed E-state index contributed by atoms with van der Waals surface area (Å²) < 4.78 is 0. The molecule has 0 unspecified atom stereocenters. The lowest BCUT2D eigenvalue weighted by atomic mass is 10.2. The van der Waals surface area contributed by atoms with E-state index in [1.54, 1.807) is 11.9 Å². The summed E-state index contributed by atoms with van der Waals surface area (Å²) in [6, 6.07) is 6.01. The normalized spacial score (nSPS) is 15.4. The van der Waals surface area contributed by atoms with Crippen molar-refractivity contribution in [3.8, 4) is 0 Å². The van der Waals surface area contributed by atoms with Crippen molar-refractivity contribution in [2.45, 2.75) is 45.6 Å². The molecule has 1 aromatic heterocycles. The van der Waals surface area contributed by atoms with Gasteiger partial charge in [0.1, 0.15) is 5.82 Å². The number of nitrogens with zero attached hydrogens (tertiary/aromatic N) is 3. The molecule has 0 aliphatic carbocycles. The van der Waals surface area contributed by atoms with Gasteiger partial charge in [0.05, 0.1) is 17.6 Å². The maximum Gasteiger partial charge on any atom is 0.224 e. The summed E-state index contributed by atoms with van der Waals surface area (Å²) in [5.41, 5.74) is 3.06. The molecule has 3 rings (SSSR count). The van der Waals surface area contributed by atoms with Gasteiger partial charge in [-0.2, -0.15) is 0 Å². The molecule has 1 N–H and O–H groups in total. The number of aryl methyl sites for hydroxylation is 1. The summed E-state index contributed by atoms with van der Waals surface area (Å²) in [6.45, 7) is 3.76. The monoisotopic (exact) mass is 342 g/mol. The zero-order valence-corrected chi connectivity index (χ0v) is 15.0. The molecule has 2 amide bonds. The highest BCUT2D eigenvalue weighted by Crippen LogP contribution is 2.16. The Morgan fingerprint density at radius 1 is 1.32 bits per heavy atom. The van der Waals surface area contributed by atoms with E-state index in [0.29, 0.717) is 25.9 Å². The van der Waals surface area contributed by atoms with E-state index in [1.165, 1.54) is 0 Å². The Balaban J connectivity index is 1.56. The molecule has 0 radical (unpaired) electrons. The summed E-state index contributed by atoms with van der Waals surface area (Å²) in [5, 5.41) is 0. The predicted molar refractivity (Wildman–Crippen MR) is 97.0 cm³/mol. The van der Waals surface area contributed by atoms with Gasteiger partial charge in [-0.25, -0.2) is 4.98 Å². The Hall–Kier alpha value is -2.37. The van der Waals surface area contributed by atoms with E-state index in [0.717, 1.165) is 48.2 Å². The van der Waals surface area contributed by atoms with Gasteiger partial charge in [0, 0.05) is 33.0 Å². The number of likely N-dealkylation sites (tertiary alicyclic amines) is 1. The molecule has 0 bridgehead atoms. The second kappa shape index (κ2) is 7.68. The zero-order valence-electron chi connectivity index (χ0n) is 15.0. The summed E-state index contributed by atoms with van der Waals surface area (Å²) >= 11 is 0. The summed E-state index contributed by atoms with van der Waals surface area (Å²) in [7, 11) is 1.78. The highest BCUT2D eigenvalue weighted by atomic mass is 16.2. The van der Waals surface area contributed by atoms with E-state index in [-0.39, 0.29) is 11.8 Å². The largest absolute Gasteiger partial charge is 0.342 e. The fraction of sp³-hybridized carbons (Fsp3) is 0.526. The van der Waals surface area contributed by atoms with Gasteiger partial charge >= 0.3 is 0 Å². The number of carbonyl (C=O) groups is 2. The first-order valence-corrected chi connectivity index (χ1v) is 9.00. The molecule has 6 heteroatoms. The van der Waals surface area contributed by atoms with Crippen molar-refractivity contribution in [1.29, 1.82) is 0 Å². The number of H-pyrrole nitrogens is 1. The number of para-hydroxylation sites is 1. The van der Waals surface area contributed by atoms with Crippen LogP contribution >= 0.6 is 0 Å². The molecule has 1 aliphatic rings. The lowest BCUT2D eigenvalue weighted by Crippen LogP contribution is -2.35. The maximum atomic E-state index is 12.4. The smallest absolute Gasteiger partial charge is 0.224 e. The van der Waals surface area contributed by atoms with Gasteiger partial charge in [-0.3, -0.25) is 9.59 Å². The van der Waals surface area contributed by atoms with Crippen molar-refractivity contribution in [2.24, 2.45) is 0 Å². The van der Waals surface area contributed by atoms with Crippen LogP contribution in [0.3, 0.4) is 0 Å². The van der Waals surface area contributed by atoms with Crippen molar-refractivity contribution in [1.82, 2.24) is 19.8 Å². The first-order valence-electron chi connectivity index (χ1n) is 9.00. The van der Waals surface area contributed by atoms with E-state index < -0.39 is 0 Å². The Morgan fingerprint density at radius 2 is 2.16 bits per heavy atom. The number of aromatic nitrogens is 2. The van der Waals surface area contributed by atoms with Crippen LogP contribution < -0.4 is 0 Å². The minimum atomic E-state index is 0.0363. The molecule has 25 heavy (non-hydrogen) atoms. The van der Waals surface area contributed by atoms with Crippen LogP contribution in [0.2, 0.25) is 0 Å². The second-order valence-corrected chi connectivity index (χ2v) is 6.85. The van der Waals surface area contributed by atoms with Crippen molar-refractivity contribution in [2.75, 3.05) is 20.1 Å². The van der Waals surface area contributed by atoms with Crippen molar-refractivity contribution >= 4 is 22.8 Å². The van der Waals surface area contributed by atoms with Crippen molar-refractivity contribution in [3.05, 3.63) is 29.6 Å². The number of rotatable bonds is 5. The minimum Gasteiger partial charge on any atom is -0.342 e. The lowest BCUT2D eigenvalue weighted by molar-refractivity contribution is -0.133. The Bertz CT molecular complexity index is 768. The fourth-order valence-electron chi connectivity index (χ4n) is 3.31. The van der Waals surface area contributed by atoms with Crippen molar-refractivity contribution in [3.63, 3.8) is 0 Å². The number of benzene rings is 1. The number of imidazole rings is 1. The minimum absolute atomic E-state index is 0.0363. The van der Waals surface area contributed by atoms with Gasteiger partial charge in [0.25, 0.3) is 0 Å². The van der Waals surface area contributed by atoms with Crippen LogP contribution in [-0.4, -0.2) is 51.7 Å². The molecule has 1 fully saturated rings. The number of nitrogens with one attached hydrogen (secondary N) is 1.